The molecular weight excluding hydrogens is 310 g/mol. The van der Waals surface area contributed by atoms with Crippen LogP contribution >= 0.6 is 0 Å². The van der Waals surface area contributed by atoms with E-state index in [9.17, 15) is 4.79 Å². The molecule has 3 rings (SSSR count). The number of nitrogens with zero attached hydrogens (tertiary/aromatic N) is 2. The molecule has 0 aromatic heterocycles. The van der Waals surface area contributed by atoms with Crippen LogP contribution in [0.3, 0.4) is 0 Å². The van der Waals surface area contributed by atoms with Gasteiger partial charge in [-0.2, -0.15) is 0 Å². The van der Waals surface area contributed by atoms with E-state index in [2.05, 4.69) is 15.1 Å². The van der Waals surface area contributed by atoms with Gasteiger partial charge >= 0.3 is 0 Å². The van der Waals surface area contributed by atoms with E-state index in [0.717, 1.165) is 30.8 Å². The van der Waals surface area contributed by atoms with E-state index < -0.39 is 0 Å². The van der Waals surface area contributed by atoms with E-state index in [4.69, 9.17) is 0 Å². The summed E-state index contributed by atoms with van der Waals surface area (Å²) in [5.74, 6) is 3.23. The second-order valence-corrected chi connectivity index (χ2v) is 9.10. The van der Waals surface area contributed by atoms with Crippen LogP contribution in [0.2, 0.25) is 0 Å². The van der Waals surface area contributed by atoms with Gasteiger partial charge in [0.1, 0.15) is 0 Å². The van der Waals surface area contributed by atoms with Crippen LogP contribution in [-0.2, 0) is 4.79 Å². The minimum atomic E-state index is 0.154. The van der Waals surface area contributed by atoms with E-state index >= 15 is 0 Å². The van der Waals surface area contributed by atoms with Crippen molar-refractivity contribution in [3.05, 3.63) is 0 Å². The lowest BCUT2D eigenvalue weighted by atomic mass is 9.82. The molecule has 0 aromatic carbocycles. The third kappa shape index (κ3) is 5.68. The minimum absolute atomic E-state index is 0.154. The summed E-state index contributed by atoms with van der Waals surface area (Å²) in [7, 11) is 0. The van der Waals surface area contributed by atoms with Gasteiger partial charge in [0.25, 0.3) is 0 Å². The van der Waals surface area contributed by atoms with Gasteiger partial charge in [0, 0.05) is 25.6 Å². The van der Waals surface area contributed by atoms with Gasteiger partial charge < -0.3 is 15.1 Å². The van der Waals surface area contributed by atoms with Crippen molar-refractivity contribution in [2.45, 2.75) is 58.8 Å². The van der Waals surface area contributed by atoms with Gasteiger partial charge in [-0.05, 0) is 88.9 Å². The van der Waals surface area contributed by atoms with Crippen molar-refractivity contribution in [2.75, 3.05) is 45.8 Å². The highest BCUT2D eigenvalue weighted by atomic mass is 16.2. The summed E-state index contributed by atoms with van der Waals surface area (Å²) in [6.45, 7) is 12.4. The number of piperidine rings is 3. The Morgan fingerprint density at radius 2 is 1.44 bits per heavy atom. The maximum atomic E-state index is 12.1. The second kappa shape index (κ2) is 9.36. The van der Waals surface area contributed by atoms with Gasteiger partial charge in [0.05, 0.1) is 0 Å². The molecule has 1 N–H and O–H groups in total. The maximum absolute atomic E-state index is 12.1. The molecule has 1 amide bonds. The Balaban J connectivity index is 1.32. The maximum Gasteiger partial charge on any atom is 0.225 e. The Hall–Kier alpha value is -0.610. The summed E-state index contributed by atoms with van der Waals surface area (Å²) in [6, 6.07) is 0. The van der Waals surface area contributed by atoms with Crippen molar-refractivity contribution in [2.24, 2.45) is 23.7 Å². The van der Waals surface area contributed by atoms with Gasteiger partial charge in [-0.3, -0.25) is 4.79 Å². The van der Waals surface area contributed by atoms with Crippen molar-refractivity contribution < 1.29 is 4.79 Å². The first-order chi connectivity index (χ1) is 12.1. The molecule has 4 nitrogen and oxygen atoms in total. The quantitative estimate of drug-likeness (QED) is 0.829. The van der Waals surface area contributed by atoms with Gasteiger partial charge in [-0.1, -0.05) is 13.8 Å². The number of nitrogens with one attached hydrogen (secondary N) is 1. The van der Waals surface area contributed by atoms with E-state index in [1.54, 1.807) is 0 Å². The van der Waals surface area contributed by atoms with Crippen LogP contribution < -0.4 is 5.32 Å². The lowest BCUT2D eigenvalue weighted by molar-refractivity contribution is -0.135. The summed E-state index contributed by atoms with van der Waals surface area (Å²) < 4.78 is 0. The largest absolute Gasteiger partial charge is 0.342 e. The Morgan fingerprint density at radius 3 is 2.00 bits per heavy atom. The van der Waals surface area contributed by atoms with Gasteiger partial charge in [-0.15, -0.1) is 0 Å². The van der Waals surface area contributed by atoms with Crippen LogP contribution in [0.15, 0.2) is 0 Å². The Kier molecular flexibility index (Phi) is 7.18. The molecule has 4 heteroatoms. The zero-order valence-corrected chi connectivity index (χ0v) is 16.5. The van der Waals surface area contributed by atoms with Crippen LogP contribution in [0.25, 0.3) is 0 Å². The third-order valence-corrected chi connectivity index (χ3v) is 6.77. The lowest BCUT2D eigenvalue weighted by Gasteiger charge is -2.38. The first kappa shape index (κ1) is 19.2. The van der Waals surface area contributed by atoms with E-state index in [-0.39, 0.29) is 5.92 Å². The molecule has 0 atom stereocenters. The molecule has 25 heavy (non-hydrogen) atoms. The molecular formula is C21H39N3O. The second-order valence-electron chi connectivity index (χ2n) is 9.10. The van der Waals surface area contributed by atoms with Crippen molar-refractivity contribution in [1.29, 1.82) is 0 Å². The molecule has 3 fully saturated rings. The molecule has 3 aliphatic rings. The van der Waals surface area contributed by atoms with Gasteiger partial charge in [0.2, 0.25) is 5.91 Å². The first-order valence-corrected chi connectivity index (χ1v) is 10.8. The molecule has 0 saturated carbocycles. The summed E-state index contributed by atoms with van der Waals surface area (Å²) >= 11 is 0. The van der Waals surface area contributed by atoms with E-state index in [1.165, 1.54) is 77.7 Å². The number of carbonyl (C=O) groups is 1. The topological polar surface area (TPSA) is 35.6 Å². The predicted octanol–water partition coefficient (Wildman–Crippen LogP) is 2.98. The zero-order chi connectivity index (χ0) is 17.6. The van der Waals surface area contributed by atoms with Crippen molar-refractivity contribution in [1.82, 2.24) is 15.1 Å². The number of carbonyl (C=O) groups excluding carboxylic acids is 1. The summed E-state index contributed by atoms with van der Waals surface area (Å²) in [4.78, 5) is 16.9. The average Bonchev–Trinajstić information content (AvgIpc) is 2.64. The smallest absolute Gasteiger partial charge is 0.225 e. The number of rotatable bonds is 5. The van der Waals surface area contributed by atoms with Crippen molar-refractivity contribution in [3.8, 4) is 0 Å². The van der Waals surface area contributed by atoms with Crippen molar-refractivity contribution >= 4 is 5.91 Å². The molecule has 0 spiro atoms. The van der Waals surface area contributed by atoms with Gasteiger partial charge in [-0.25, -0.2) is 0 Å². The zero-order valence-electron chi connectivity index (χ0n) is 16.5. The first-order valence-electron chi connectivity index (χ1n) is 10.8. The van der Waals surface area contributed by atoms with Crippen LogP contribution in [0.1, 0.15) is 58.8 Å². The highest BCUT2D eigenvalue weighted by Crippen LogP contribution is 2.30. The number of hydrogen-bond acceptors (Lipinski definition) is 3. The third-order valence-electron chi connectivity index (χ3n) is 6.77. The van der Waals surface area contributed by atoms with E-state index in [1.807, 2.05) is 13.8 Å². The fraction of sp³-hybridized carbons (Fsp3) is 0.952. The molecule has 0 aliphatic carbocycles. The summed E-state index contributed by atoms with van der Waals surface area (Å²) in [5, 5.41) is 3.48. The van der Waals surface area contributed by atoms with Crippen LogP contribution in [0, 0.1) is 23.7 Å². The normalized spacial score (nSPS) is 25.6. The Morgan fingerprint density at radius 1 is 0.880 bits per heavy atom. The highest BCUT2D eigenvalue weighted by Gasteiger charge is 2.28. The van der Waals surface area contributed by atoms with Crippen LogP contribution in [0.4, 0.5) is 0 Å². The minimum Gasteiger partial charge on any atom is -0.342 e. The van der Waals surface area contributed by atoms with E-state index in [0.29, 0.717) is 5.91 Å². The Labute approximate surface area is 154 Å². The Bertz CT molecular complexity index is 403. The molecule has 144 valence electrons. The molecule has 0 radical (unpaired) electrons. The number of likely N-dealkylation sites (tertiary alicyclic amines) is 2. The van der Waals surface area contributed by atoms with Crippen LogP contribution in [0.5, 0.6) is 0 Å². The predicted molar refractivity (Wildman–Crippen MR) is 104 cm³/mol. The highest BCUT2D eigenvalue weighted by molar-refractivity contribution is 5.78. The summed E-state index contributed by atoms with van der Waals surface area (Å²) in [5.41, 5.74) is 0. The molecule has 3 heterocycles. The fourth-order valence-electron chi connectivity index (χ4n) is 5.06. The molecule has 3 saturated heterocycles. The number of hydrogen-bond donors (Lipinski definition) is 1. The SMILES string of the molecule is CC(C)C(=O)N1CCC(CC2CCN(CC3CCNCC3)CC2)CC1. The monoisotopic (exact) mass is 349 g/mol. The van der Waals surface area contributed by atoms with Crippen LogP contribution in [-0.4, -0.2) is 61.5 Å². The molecule has 0 bridgehead atoms. The molecule has 0 aromatic rings. The summed E-state index contributed by atoms with van der Waals surface area (Å²) in [6.07, 6.45) is 9.40. The standard InChI is InChI=1S/C21H39N3O/c1-17(2)21(25)24-13-7-19(8-14-24)15-18-5-11-23(12-6-18)16-20-3-9-22-10-4-20/h17-20,22H,3-16H2,1-2H3. The lowest BCUT2D eigenvalue weighted by Crippen LogP contribution is -2.42. The average molecular weight is 350 g/mol. The molecule has 3 aliphatic heterocycles. The number of amides is 1. The van der Waals surface area contributed by atoms with Gasteiger partial charge in [0.15, 0.2) is 0 Å². The fourth-order valence-corrected chi connectivity index (χ4v) is 5.06. The molecule has 0 unspecified atom stereocenters. The van der Waals surface area contributed by atoms with Crippen molar-refractivity contribution in [3.63, 3.8) is 0 Å².